The Balaban J connectivity index is 1.62. The smallest absolute Gasteiger partial charge is 0.329 e. The van der Waals surface area contributed by atoms with Crippen molar-refractivity contribution in [3.63, 3.8) is 0 Å². The maximum absolute atomic E-state index is 14.8. The zero-order valence-electron chi connectivity index (χ0n) is 22.4. The molecule has 218 valence electrons. The van der Waals surface area contributed by atoms with Crippen LogP contribution in [0.15, 0.2) is 78.9 Å². The zero-order chi connectivity index (χ0) is 29.5. The predicted octanol–water partition coefficient (Wildman–Crippen LogP) is 5.87. The highest BCUT2D eigenvalue weighted by atomic mass is 35.5. The summed E-state index contributed by atoms with van der Waals surface area (Å²) < 4.78 is 25.5. The summed E-state index contributed by atoms with van der Waals surface area (Å²) in [5, 5.41) is 5.05. The van der Waals surface area contributed by atoms with E-state index >= 15 is 0 Å². The molecule has 0 aromatic heterocycles. The average Bonchev–Trinajstić information content (AvgIpc) is 2.98. The van der Waals surface area contributed by atoms with Crippen LogP contribution >= 0.6 is 23.2 Å². The number of amides is 2. The first-order valence-corrected chi connectivity index (χ1v) is 14.1. The van der Waals surface area contributed by atoms with E-state index in [0.29, 0.717) is 30.5 Å². The van der Waals surface area contributed by atoms with Gasteiger partial charge in [0.25, 0.3) is 0 Å². The van der Waals surface area contributed by atoms with E-state index < -0.39 is 29.8 Å². The molecule has 11 heteroatoms. The normalized spacial score (nSPS) is 11.3. The van der Waals surface area contributed by atoms with Gasteiger partial charge in [-0.3, -0.25) is 4.79 Å². The molecule has 0 radical (unpaired) electrons. The Kier molecular flexibility index (Phi) is 13.2. The third-order valence-electron chi connectivity index (χ3n) is 5.95. The standard InChI is InChI=1S/C30H32Cl2FN3O5/c31-15-17-36(18-16-32)27-13-11-24(19-25(27)33)34-30(39)35-26(29(38)41-21-23-9-5-2-6-10-23)12-14-28(37)40-20-22-7-3-1-4-8-22/h1-11,13,19,26H,12,14-18,20-21H2,(H2,34,35,39)/t26-/m0/s1. The average molecular weight is 605 g/mol. The fourth-order valence-electron chi connectivity index (χ4n) is 3.87. The van der Waals surface area contributed by atoms with Gasteiger partial charge in [-0.25, -0.2) is 14.0 Å². The van der Waals surface area contributed by atoms with Crippen LogP contribution < -0.4 is 15.5 Å². The first kappa shape index (κ1) is 31.7. The summed E-state index contributed by atoms with van der Waals surface area (Å²) in [5.74, 6) is -1.24. The van der Waals surface area contributed by atoms with Crippen LogP contribution in [0.2, 0.25) is 0 Å². The van der Waals surface area contributed by atoms with Crippen LogP contribution in [0, 0.1) is 5.82 Å². The van der Waals surface area contributed by atoms with E-state index in [2.05, 4.69) is 10.6 Å². The van der Waals surface area contributed by atoms with E-state index in [0.717, 1.165) is 17.2 Å². The number of anilines is 2. The summed E-state index contributed by atoms with van der Waals surface area (Å²) in [5.41, 5.74) is 2.05. The van der Waals surface area contributed by atoms with Gasteiger partial charge in [0.2, 0.25) is 0 Å². The molecule has 0 aliphatic heterocycles. The molecule has 3 rings (SSSR count). The van der Waals surface area contributed by atoms with E-state index in [9.17, 15) is 18.8 Å². The topological polar surface area (TPSA) is 97.0 Å². The van der Waals surface area contributed by atoms with E-state index in [4.69, 9.17) is 32.7 Å². The molecular formula is C30H32Cl2FN3O5. The Bertz CT molecular complexity index is 1260. The molecular weight excluding hydrogens is 572 g/mol. The Hall–Kier alpha value is -3.82. The Morgan fingerprint density at radius 3 is 1.98 bits per heavy atom. The molecule has 0 aliphatic carbocycles. The van der Waals surface area contributed by atoms with Crippen molar-refractivity contribution in [1.29, 1.82) is 0 Å². The Labute approximate surface area is 248 Å². The van der Waals surface area contributed by atoms with Gasteiger partial charge in [0.05, 0.1) is 5.69 Å². The first-order chi connectivity index (χ1) is 19.9. The van der Waals surface area contributed by atoms with Crippen molar-refractivity contribution in [2.24, 2.45) is 0 Å². The molecule has 2 N–H and O–H groups in total. The van der Waals surface area contributed by atoms with Crippen LogP contribution in [0.25, 0.3) is 0 Å². The fraction of sp³-hybridized carbons (Fsp3) is 0.300. The number of rotatable bonds is 15. The van der Waals surface area contributed by atoms with Gasteiger partial charge in [-0.1, -0.05) is 60.7 Å². The van der Waals surface area contributed by atoms with Crippen molar-refractivity contribution in [1.82, 2.24) is 5.32 Å². The molecule has 1 atom stereocenters. The summed E-state index contributed by atoms with van der Waals surface area (Å²) in [7, 11) is 0. The molecule has 41 heavy (non-hydrogen) atoms. The predicted molar refractivity (Wildman–Crippen MR) is 158 cm³/mol. The quantitative estimate of drug-likeness (QED) is 0.167. The molecule has 0 unspecified atom stereocenters. The third-order valence-corrected chi connectivity index (χ3v) is 6.29. The minimum Gasteiger partial charge on any atom is -0.461 e. The molecule has 2 amide bonds. The number of nitrogens with one attached hydrogen (secondary N) is 2. The van der Waals surface area contributed by atoms with Crippen LogP contribution in [-0.4, -0.2) is 48.9 Å². The van der Waals surface area contributed by atoms with Gasteiger partial charge in [0.15, 0.2) is 0 Å². The highest BCUT2D eigenvalue weighted by Gasteiger charge is 2.24. The van der Waals surface area contributed by atoms with Crippen LogP contribution in [0.5, 0.6) is 0 Å². The van der Waals surface area contributed by atoms with Crippen LogP contribution in [0.1, 0.15) is 24.0 Å². The molecule has 0 aliphatic rings. The van der Waals surface area contributed by atoms with Gasteiger partial charge in [0, 0.05) is 37.0 Å². The lowest BCUT2D eigenvalue weighted by atomic mass is 10.1. The van der Waals surface area contributed by atoms with E-state index in [1.807, 2.05) is 48.5 Å². The van der Waals surface area contributed by atoms with Crippen molar-refractivity contribution in [2.45, 2.75) is 32.1 Å². The van der Waals surface area contributed by atoms with Gasteiger partial charge < -0.3 is 25.0 Å². The fourth-order valence-corrected chi connectivity index (χ4v) is 4.28. The minimum absolute atomic E-state index is 0.00823. The van der Waals surface area contributed by atoms with Gasteiger partial charge in [-0.2, -0.15) is 0 Å². The largest absolute Gasteiger partial charge is 0.461 e. The number of alkyl halides is 2. The highest BCUT2D eigenvalue weighted by molar-refractivity contribution is 6.18. The lowest BCUT2D eigenvalue weighted by Gasteiger charge is -2.23. The Morgan fingerprint density at radius 1 is 0.829 bits per heavy atom. The number of nitrogens with zero attached hydrogens (tertiary/aromatic N) is 1. The van der Waals surface area contributed by atoms with E-state index in [1.165, 1.54) is 12.1 Å². The van der Waals surface area contributed by atoms with Gasteiger partial charge in [0.1, 0.15) is 25.1 Å². The number of hydrogen-bond acceptors (Lipinski definition) is 6. The summed E-state index contributed by atoms with van der Waals surface area (Å²) in [6, 6.07) is 20.5. The molecule has 3 aromatic carbocycles. The van der Waals surface area contributed by atoms with Crippen LogP contribution in [0.4, 0.5) is 20.6 Å². The maximum atomic E-state index is 14.8. The number of halogens is 3. The number of benzene rings is 3. The van der Waals surface area contributed by atoms with Crippen LogP contribution in [-0.2, 0) is 32.3 Å². The first-order valence-electron chi connectivity index (χ1n) is 13.0. The van der Waals surface area contributed by atoms with Crippen molar-refractivity contribution in [3.8, 4) is 0 Å². The Morgan fingerprint density at radius 2 is 1.41 bits per heavy atom. The molecule has 0 saturated carbocycles. The molecule has 3 aromatic rings. The minimum atomic E-state index is -1.16. The molecule has 0 heterocycles. The number of hydrogen-bond donors (Lipinski definition) is 2. The maximum Gasteiger partial charge on any atom is 0.329 e. The number of ether oxygens (including phenoxy) is 2. The summed E-state index contributed by atoms with van der Waals surface area (Å²) in [4.78, 5) is 39.7. The molecule has 8 nitrogen and oxygen atoms in total. The molecule has 0 fully saturated rings. The van der Waals surface area contributed by atoms with Gasteiger partial charge in [-0.05, 0) is 35.7 Å². The molecule has 0 spiro atoms. The second-order valence-electron chi connectivity index (χ2n) is 8.96. The number of urea groups is 1. The van der Waals surface area contributed by atoms with Crippen molar-refractivity contribution in [3.05, 3.63) is 95.8 Å². The second-order valence-corrected chi connectivity index (χ2v) is 9.72. The van der Waals surface area contributed by atoms with E-state index in [-0.39, 0.29) is 31.7 Å². The summed E-state index contributed by atoms with van der Waals surface area (Å²) in [6.45, 7) is 0.884. The van der Waals surface area contributed by atoms with Gasteiger partial charge >= 0.3 is 18.0 Å². The van der Waals surface area contributed by atoms with Crippen molar-refractivity contribution in [2.75, 3.05) is 35.1 Å². The van der Waals surface area contributed by atoms with Crippen molar-refractivity contribution < 1.29 is 28.2 Å². The lowest BCUT2D eigenvalue weighted by Crippen LogP contribution is -2.44. The zero-order valence-corrected chi connectivity index (χ0v) is 23.9. The number of carbonyl (C=O) groups excluding carboxylic acids is 3. The molecule has 0 saturated heterocycles. The van der Waals surface area contributed by atoms with Crippen LogP contribution in [0.3, 0.4) is 0 Å². The highest BCUT2D eigenvalue weighted by Crippen LogP contribution is 2.23. The number of carbonyl (C=O) groups is 3. The summed E-state index contributed by atoms with van der Waals surface area (Å²) in [6.07, 6.45) is -0.202. The number of esters is 2. The third kappa shape index (κ3) is 10.9. The van der Waals surface area contributed by atoms with Gasteiger partial charge in [-0.15, -0.1) is 23.2 Å². The SMILES string of the molecule is O=C(Nc1ccc(N(CCCl)CCCl)c(F)c1)N[C@@H](CCC(=O)OCc1ccccc1)C(=O)OCc1ccccc1. The van der Waals surface area contributed by atoms with E-state index in [1.54, 1.807) is 17.0 Å². The summed E-state index contributed by atoms with van der Waals surface area (Å²) >= 11 is 11.6. The monoisotopic (exact) mass is 603 g/mol. The second kappa shape index (κ2) is 17.1. The van der Waals surface area contributed by atoms with Crippen molar-refractivity contribution >= 4 is 52.5 Å². The molecule has 0 bridgehead atoms. The lowest BCUT2D eigenvalue weighted by molar-refractivity contribution is -0.148.